The predicted molar refractivity (Wildman–Crippen MR) is 60.3 cm³/mol. The number of rotatable bonds is 9. The third-order valence-corrected chi connectivity index (χ3v) is 2.03. The highest BCUT2D eigenvalue weighted by Crippen LogP contribution is 1.87. The van der Waals surface area contributed by atoms with Crippen molar-refractivity contribution in [1.29, 1.82) is 0 Å². The largest absolute Gasteiger partial charge is 0.382 e. The van der Waals surface area contributed by atoms with E-state index in [0.717, 1.165) is 25.3 Å². The molecule has 1 heterocycles. The average Bonchev–Trinajstić information content (AvgIpc) is 2.68. The maximum Gasteiger partial charge on any atom is 0.151 e. The molecule has 1 rings (SSSR count). The molecule has 0 saturated carbocycles. The maximum absolute atomic E-state index is 5.31. The molecule has 6 heteroatoms. The van der Waals surface area contributed by atoms with Crippen LogP contribution in [0.5, 0.6) is 0 Å². The lowest BCUT2D eigenvalue weighted by Crippen LogP contribution is -2.23. The third kappa shape index (κ3) is 5.79. The van der Waals surface area contributed by atoms with E-state index in [4.69, 9.17) is 9.47 Å². The Balaban J connectivity index is 1.88. The quantitative estimate of drug-likeness (QED) is 0.583. The van der Waals surface area contributed by atoms with E-state index >= 15 is 0 Å². The molecule has 1 aromatic rings. The second-order valence-electron chi connectivity index (χ2n) is 3.44. The van der Waals surface area contributed by atoms with Crippen LogP contribution in [0.4, 0.5) is 0 Å². The van der Waals surface area contributed by atoms with Crippen molar-refractivity contribution in [2.45, 2.75) is 6.42 Å². The van der Waals surface area contributed by atoms with Gasteiger partial charge in [-0.1, -0.05) is 0 Å². The minimum Gasteiger partial charge on any atom is -0.382 e. The fraction of sp³-hybridized carbons (Fsp3) is 0.800. The number of ether oxygens (including phenoxy) is 2. The molecule has 0 aliphatic carbocycles. The van der Waals surface area contributed by atoms with E-state index in [0.29, 0.717) is 19.8 Å². The lowest BCUT2D eigenvalue weighted by Gasteiger charge is -2.04. The first-order valence-corrected chi connectivity index (χ1v) is 5.45. The Bertz CT molecular complexity index is 278. The summed E-state index contributed by atoms with van der Waals surface area (Å²) < 4.78 is 11.9. The first-order chi connectivity index (χ1) is 7.83. The van der Waals surface area contributed by atoms with Gasteiger partial charge in [0.15, 0.2) is 5.82 Å². The highest BCUT2D eigenvalue weighted by molar-refractivity contribution is 4.81. The normalized spacial score (nSPS) is 10.9. The van der Waals surface area contributed by atoms with E-state index in [2.05, 4.69) is 15.4 Å². The van der Waals surface area contributed by atoms with Gasteiger partial charge in [0.2, 0.25) is 0 Å². The molecule has 0 atom stereocenters. The van der Waals surface area contributed by atoms with Gasteiger partial charge in [0.05, 0.1) is 19.8 Å². The molecule has 0 aliphatic rings. The van der Waals surface area contributed by atoms with Crippen molar-refractivity contribution in [3.8, 4) is 0 Å². The zero-order valence-corrected chi connectivity index (χ0v) is 9.98. The van der Waals surface area contributed by atoms with Crippen molar-refractivity contribution in [2.75, 3.05) is 40.0 Å². The summed E-state index contributed by atoms with van der Waals surface area (Å²) >= 11 is 0. The summed E-state index contributed by atoms with van der Waals surface area (Å²) in [6, 6.07) is 0. The number of nitrogens with one attached hydrogen (secondary N) is 1. The van der Waals surface area contributed by atoms with Crippen molar-refractivity contribution >= 4 is 0 Å². The van der Waals surface area contributed by atoms with Gasteiger partial charge in [0.1, 0.15) is 6.33 Å². The van der Waals surface area contributed by atoms with E-state index in [-0.39, 0.29) is 0 Å². The Labute approximate surface area is 96.0 Å². The molecule has 1 aromatic heterocycles. The Kier molecular flexibility index (Phi) is 6.71. The Morgan fingerprint density at radius 1 is 1.31 bits per heavy atom. The van der Waals surface area contributed by atoms with Crippen LogP contribution in [-0.4, -0.2) is 54.8 Å². The van der Waals surface area contributed by atoms with E-state index in [1.807, 2.05) is 7.05 Å². The minimum absolute atomic E-state index is 0.651. The van der Waals surface area contributed by atoms with Gasteiger partial charge >= 0.3 is 0 Å². The lowest BCUT2D eigenvalue weighted by atomic mass is 10.4. The van der Waals surface area contributed by atoms with Crippen LogP contribution in [0.25, 0.3) is 0 Å². The van der Waals surface area contributed by atoms with Crippen LogP contribution in [0, 0.1) is 0 Å². The molecule has 0 fully saturated rings. The second kappa shape index (κ2) is 8.20. The highest BCUT2D eigenvalue weighted by atomic mass is 16.5. The Hall–Kier alpha value is -0.980. The molecule has 0 amide bonds. The van der Waals surface area contributed by atoms with Crippen LogP contribution in [0.3, 0.4) is 0 Å². The van der Waals surface area contributed by atoms with Crippen molar-refractivity contribution in [2.24, 2.45) is 7.05 Å². The first-order valence-electron chi connectivity index (χ1n) is 5.45. The van der Waals surface area contributed by atoms with Crippen LogP contribution in [-0.2, 0) is 22.9 Å². The SMILES string of the molecule is COCCOCCNCCc1ncn(C)n1. The molecule has 0 unspecified atom stereocenters. The van der Waals surface area contributed by atoms with Gasteiger partial charge < -0.3 is 14.8 Å². The number of hydrogen-bond donors (Lipinski definition) is 1. The first kappa shape index (κ1) is 13.1. The van der Waals surface area contributed by atoms with Crippen LogP contribution >= 0.6 is 0 Å². The minimum atomic E-state index is 0.651. The van der Waals surface area contributed by atoms with Gasteiger partial charge in [0.25, 0.3) is 0 Å². The number of aromatic nitrogens is 3. The van der Waals surface area contributed by atoms with E-state index < -0.39 is 0 Å². The summed E-state index contributed by atoms with van der Waals surface area (Å²) in [5.41, 5.74) is 0. The monoisotopic (exact) mass is 228 g/mol. The summed E-state index contributed by atoms with van der Waals surface area (Å²) in [7, 11) is 3.54. The second-order valence-corrected chi connectivity index (χ2v) is 3.44. The van der Waals surface area contributed by atoms with E-state index in [1.165, 1.54) is 0 Å². The summed E-state index contributed by atoms with van der Waals surface area (Å²) in [6.07, 6.45) is 2.56. The van der Waals surface area contributed by atoms with Crippen molar-refractivity contribution in [3.05, 3.63) is 12.2 Å². The Morgan fingerprint density at radius 3 is 2.88 bits per heavy atom. The molecule has 0 bridgehead atoms. The molecular weight excluding hydrogens is 208 g/mol. The molecule has 16 heavy (non-hydrogen) atoms. The number of hydrogen-bond acceptors (Lipinski definition) is 5. The van der Waals surface area contributed by atoms with Gasteiger partial charge in [-0.05, 0) is 0 Å². The fourth-order valence-electron chi connectivity index (χ4n) is 1.21. The van der Waals surface area contributed by atoms with Gasteiger partial charge in [0, 0.05) is 33.7 Å². The zero-order chi connectivity index (χ0) is 11.6. The lowest BCUT2D eigenvalue weighted by molar-refractivity contribution is 0.0721. The molecule has 0 radical (unpaired) electrons. The average molecular weight is 228 g/mol. The molecule has 0 spiro atoms. The van der Waals surface area contributed by atoms with E-state index in [1.54, 1.807) is 18.1 Å². The summed E-state index contributed by atoms with van der Waals surface area (Å²) in [4.78, 5) is 4.14. The van der Waals surface area contributed by atoms with Crippen LogP contribution < -0.4 is 5.32 Å². The van der Waals surface area contributed by atoms with Gasteiger partial charge in [-0.3, -0.25) is 4.68 Å². The summed E-state index contributed by atoms with van der Waals surface area (Å²) in [5.74, 6) is 0.871. The maximum atomic E-state index is 5.31. The molecular formula is C10H20N4O2. The predicted octanol–water partition coefficient (Wildman–Crippen LogP) is -0.390. The third-order valence-electron chi connectivity index (χ3n) is 2.03. The van der Waals surface area contributed by atoms with Crippen molar-refractivity contribution < 1.29 is 9.47 Å². The topological polar surface area (TPSA) is 61.2 Å². The van der Waals surface area contributed by atoms with Crippen LogP contribution in [0.1, 0.15) is 5.82 Å². The van der Waals surface area contributed by atoms with E-state index in [9.17, 15) is 0 Å². The van der Waals surface area contributed by atoms with Crippen molar-refractivity contribution in [1.82, 2.24) is 20.1 Å². The molecule has 0 saturated heterocycles. The number of methoxy groups -OCH3 is 1. The van der Waals surface area contributed by atoms with Gasteiger partial charge in [-0.2, -0.15) is 5.10 Å². The number of aryl methyl sites for hydroxylation is 1. The van der Waals surface area contributed by atoms with Crippen LogP contribution in [0.15, 0.2) is 6.33 Å². The van der Waals surface area contributed by atoms with Gasteiger partial charge in [-0.25, -0.2) is 4.98 Å². The summed E-state index contributed by atoms with van der Waals surface area (Å²) in [6.45, 7) is 3.73. The molecule has 0 aromatic carbocycles. The molecule has 0 aliphatic heterocycles. The van der Waals surface area contributed by atoms with Gasteiger partial charge in [-0.15, -0.1) is 0 Å². The smallest absolute Gasteiger partial charge is 0.151 e. The number of nitrogens with zero attached hydrogens (tertiary/aromatic N) is 3. The fourth-order valence-corrected chi connectivity index (χ4v) is 1.21. The molecule has 6 nitrogen and oxygen atoms in total. The Morgan fingerprint density at radius 2 is 2.19 bits per heavy atom. The molecule has 92 valence electrons. The van der Waals surface area contributed by atoms with Crippen LogP contribution in [0.2, 0.25) is 0 Å². The zero-order valence-electron chi connectivity index (χ0n) is 9.98. The standard InChI is InChI=1S/C10H20N4O2/c1-14-9-12-10(13-14)3-4-11-5-6-16-8-7-15-2/h9,11H,3-8H2,1-2H3. The highest BCUT2D eigenvalue weighted by Gasteiger charge is 1.97. The molecule has 1 N–H and O–H groups in total. The van der Waals surface area contributed by atoms with Crippen molar-refractivity contribution in [3.63, 3.8) is 0 Å². The summed E-state index contributed by atoms with van der Waals surface area (Å²) in [5, 5.41) is 7.45.